The summed E-state index contributed by atoms with van der Waals surface area (Å²) in [6.45, 7) is 3.35. The maximum atomic E-state index is 13.2. The lowest BCUT2D eigenvalue weighted by Gasteiger charge is -2.41. The van der Waals surface area contributed by atoms with Gasteiger partial charge in [0.2, 0.25) is 0 Å². The van der Waals surface area contributed by atoms with Crippen LogP contribution in [0, 0.1) is 5.82 Å². The Morgan fingerprint density at radius 3 is 3.06 bits per heavy atom. The largest absolute Gasteiger partial charge is 0.378 e. The summed E-state index contributed by atoms with van der Waals surface area (Å²) in [5.41, 5.74) is 6.54. The molecule has 4 heteroatoms. The van der Waals surface area contributed by atoms with Crippen molar-refractivity contribution in [3.05, 3.63) is 30.1 Å². The maximum Gasteiger partial charge on any atom is 0.125 e. The minimum Gasteiger partial charge on any atom is -0.378 e. The number of nitrogens with two attached hydrogens (primary N) is 1. The van der Waals surface area contributed by atoms with Crippen molar-refractivity contribution < 1.29 is 9.13 Å². The number of anilines is 1. The zero-order valence-corrected chi connectivity index (χ0v) is 10.8. The predicted octanol–water partition coefficient (Wildman–Crippen LogP) is 2.52. The Hall–Kier alpha value is -1.13. The molecule has 1 heterocycles. The first kappa shape index (κ1) is 13.3. The molecule has 1 fully saturated rings. The summed E-state index contributed by atoms with van der Waals surface area (Å²) in [6.07, 6.45) is 2.95. The predicted molar refractivity (Wildman–Crippen MR) is 71.1 cm³/mol. The van der Waals surface area contributed by atoms with Gasteiger partial charge < -0.3 is 15.8 Å². The fraction of sp³-hybridized carbons (Fsp3) is 0.571. The molecule has 1 aliphatic heterocycles. The minimum atomic E-state index is -0.230. The van der Waals surface area contributed by atoms with E-state index in [0.29, 0.717) is 13.2 Å². The van der Waals surface area contributed by atoms with Gasteiger partial charge in [0.05, 0.1) is 11.6 Å². The molecule has 1 saturated heterocycles. The standard InChI is InChI=1S/C14H21FN2O/c1-2-13-9-14(10-16,6-7-18-13)17-12-5-3-4-11(15)8-12/h3-5,8,13,17H,2,6-7,9-10,16H2,1H3. The Kier molecular flexibility index (Phi) is 4.19. The Morgan fingerprint density at radius 1 is 1.56 bits per heavy atom. The van der Waals surface area contributed by atoms with Gasteiger partial charge in [0.25, 0.3) is 0 Å². The Morgan fingerprint density at radius 2 is 2.39 bits per heavy atom. The van der Waals surface area contributed by atoms with Gasteiger partial charge in [0, 0.05) is 18.8 Å². The summed E-state index contributed by atoms with van der Waals surface area (Å²) in [5.74, 6) is -0.230. The zero-order chi connectivity index (χ0) is 13.0. The van der Waals surface area contributed by atoms with E-state index in [4.69, 9.17) is 10.5 Å². The van der Waals surface area contributed by atoms with Crippen LogP contribution in [0.2, 0.25) is 0 Å². The van der Waals surface area contributed by atoms with Crippen LogP contribution < -0.4 is 11.1 Å². The molecule has 0 spiro atoms. The highest BCUT2D eigenvalue weighted by molar-refractivity contribution is 5.46. The molecule has 2 atom stereocenters. The molecule has 0 aliphatic carbocycles. The van der Waals surface area contributed by atoms with Gasteiger partial charge in [-0.1, -0.05) is 13.0 Å². The summed E-state index contributed by atoms with van der Waals surface area (Å²) >= 11 is 0. The molecule has 1 aromatic carbocycles. The molecule has 100 valence electrons. The lowest BCUT2D eigenvalue weighted by atomic mass is 9.85. The first-order chi connectivity index (χ1) is 8.67. The fourth-order valence-electron chi connectivity index (χ4n) is 2.50. The van der Waals surface area contributed by atoms with Crippen LogP contribution in [0.5, 0.6) is 0 Å². The normalized spacial score (nSPS) is 28.1. The van der Waals surface area contributed by atoms with Crippen LogP contribution in [0.25, 0.3) is 0 Å². The van der Waals surface area contributed by atoms with Crippen molar-refractivity contribution >= 4 is 5.69 Å². The highest BCUT2D eigenvalue weighted by Crippen LogP contribution is 2.29. The van der Waals surface area contributed by atoms with Crippen LogP contribution in [0.15, 0.2) is 24.3 Å². The number of nitrogens with one attached hydrogen (secondary N) is 1. The van der Waals surface area contributed by atoms with Crippen LogP contribution in [0.4, 0.5) is 10.1 Å². The van der Waals surface area contributed by atoms with E-state index in [9.17, 15) is 4.39 Å². The average molecular weight is 252 g/mol. The molecule has 0 radical (unpaired) electrons. The van der Waals surface area contributed by atoms with Gasteiger partial charge in [-0.2, -0.15) is 0 Å². The molecule has 2 unspecified atom stereocenters. The monoisotopic (exact) mass is 252 g/mol. The van der Waals surface area contributed by atoms with Crippen molar-refractivity contribution in [3.8, 4) is 0 Å². The Labute approximate surface area is 108 Å². The highest BCUT2D eigenvalue weighted by atomic mass is 19.1. The van der Waals surface area contributed by atoms with Crippen LogP contribution in [0.1, 0.15) is 26.2 Å². The van der Waals surface area contributed by atoms with Crippen molar-refractivity contribution in [1.82, 2.24) is 0 Å². The molecular weight excluding hydrogens is 231 g/mol. The Balaban J connectivity index is 2.12. The molecular formula is C14H21FN2O. The van der Waals surface area contributed by atoms with E-state index in [-0.39, 0.29) is 17.5 Å². The van der Waals surface area contributed by atoms with Gasteiger partial charge in [-0.25, -0.2) is 4.39 Å². The third-order valence-electron chi connectivity index (χ3n) is 3.63. The summed E-state index contributed by atoms with van der Waals surface area (Å²) in [6, 6.07) is 6.53. The van der Waals surface area contributed by atoms with Crippen LogP contribution in [-0.4, -0.2) is 24.8 Å². The average Bonchev–Trinajstić information content (AvgIpc) is 2.39. The number of hydrogen-bond donors (Lipinski definition) is 2. The number of ether oxygens (including phenoxy) is 1. The smallest absolute Gasteiger partial charge is 0.125 e. The maximum absolute atomic E-state index is 13.2. The van der Waals surface area contributed by atoms with Crippen molar-refractivity contribution in [2.45, 2.75) is 37.8 Å². The molecule has 3 N–H and O–H groups in total. The summed E-state index contributed by atoms with van der Waals surface area (Å²) in [5, 5.41) is 3.40. The van der Waals surface area contributed by atoms with Gasteiger partial charge in [-0.15, -0.1) is 0 Å². The molecule has 0 bridgehead atoms. The number of benzene rings is 1. The zero-order valence-electron chi connectivity index (χ0n) is 10.8. The topological polar surface area (TPSA) is 47.3 Å². The third-order valence-corrected chi connectivity index (χ3v) is 3.63. The summed E-state index contributed by atoms with van der Waals surface area (Å²) in [7, 11) is 0. The van der Waals surface area contributed by atoms with E-state index in [1.807, 2.05) is 6.07 Å². The molecule has 1 aliphatic rings. The SMILES string of the molecule is CCC1CC(CN)(Nc2cccc(F)c2)CCO1. The van der Waals surface area contributed by atoms with Crippen molar-refractivity contribution in [2.75, 3.05) is 18.5 Å². The van der Waals surface area contributed by atoms with E-state index in [1.165, 1.54) is 12.1 Å². The quantitative estimate of drug-likeness (QED) is 0.865. The van der Waals surface area contributed by atoms with E-state index in [2.05, 4.69) is 12.2 Å². The van der Waals surface area contributed by atoms with E-state index in [1.54, 1.807) is 6.07 Å². The van der Waals surface area contributed by atoms with E-state index >= 15 is 0 Å². The lowest BCUT2D eigenvalue weighted by molar-refractivity contribution is -0.0125. The van der Waals surface area contributed by atoms with Crippen molar-refractivity contribution in [2.24, 2.45) is 5.73 Å². The van der Waals surface area contributed by atoms with Gasteiger partial charge in [-0.05, 0) is 37.5 Å². The second-order valence-electron chi connectivity index (χ2n) is 4.97. The molecule has 2 rings (SSSR count). The first-order valence-electron chi connectivity index (χ1n) is 6.53. The molecule has 0 saturated carbocycles. The van der Waals surface area contributed by atoms with Gasteiger partial charge in [0.15, 0.2) is 0 Å². The highest BCUT2D eigenvalue weighted by Gasteiger charge is 2.35. The lowest BCUT2D eigenvalue weighted by Crippen LogP contribution is -2.52. The first-order valence-corrected chi connectivity index (χ1v) is 6.53. The van der Waals surface area contributed by atoms with Crippen LogP contribution in [-0.2, 0) is 4.74 Å². The summed E-state index contributed by atoms with van der Waals surface area (Å²) in [4.78, 5) is 0. The van der Waals surface area contributed by atoms with Gasteiger partial charge in [-0.3, -0.25) is 0 Å². The number of halogens is 1. The molecule has 0 amide bonds. The molecule has 18 heavy (non-hydrogen) atoms. The molecule has 3 nitrogen and oxygen atoms in total. The number of rotatable bonds is 4. The molecule has 0 aromatic heterocycles. The molecule has 1 aromatic rings. The van der Waals surface area contributed by atoms with Gasteiger partial charge >= 0.3 is 0 Å². The fourth-order valence-corrected chi connectivity index (χ4v) is 2.50. The second kappa shape index (κ2) is 5.67. The minimum absolute atomic E-state index is 0.174. The van der Waals surface area contributed by atoms with Crippen LogP contribution >= 0.6 is 0 Å². The second-order valence-corrected chi connectivity index (χ2v) is 4.97. The van der Waals surface area contributed by atoms with Crippen molar-refractivity contribution in [1.29, 1.82) is 0 Å². The Bertz CT molecular complexity index is 399. The van der Waals surface area contributed by atoms with E-state index < -0.39 is 0 Å². The van der Waals surface area contributed by atoms with Crippen molar-refractivity contribution in [3.63, 3.8) is 0 Å². The van der Waals surface area contributed by atoms with E-state index in [0.717, 1.165) is 24.9 Å². The summed E-state index contributed by atoms with van der Waals surface area (Å²) < 4.78 is 18.9. The third kappa shape index (κ3) is 3.00. The number of hydrogen-bond acceptors (Lipinski definition) is 3. The van der Waals surface area contributed by atoms with Gasteiger partial charge in [0.1, 0.15) is 5.82 Å². The van der Waals surface area contributed by atoms with Crippen LogP contribution in [0.3, 0.4) is 0 Å².